The second-order valence-corrected chi connectivity index (χ2v) is 5.64. The molecule has 98 valence electrons. The van der Waals surface area contributed by atoms with Gasteiger partial charge in [0.2, 0.25) is 5.88 Å². The average molecular weight is 386 g/mol. The quantitative estimate of drug-likeness (QED) is 0.756. The molecule has 0 saturated carbocycles. The van der Waals surface area contributed by atoms with E-state index in [4.69, 9.17) is 4.74 Å². The number of ketones is 1. The standard InChI is InChI=1S/C13H10Br2N2O2/c1-19-13-6-11(16-7-17-13)5-12(18)8-2-9(14)4-10(15)3-8/h2-4,6-7H,5H2,1H3. The van der Waals surface area contributed by atoms with Gasteiger partial charge in [-0.2, -0.15) is 0 Å². The van der Waals surface area contributed by atoms with Crippen LogP contribution in [0.2, 0.25) is 0 Å². The van der Waals surface area contributed by atoms with Crippen molar-refractivity contribution in [2.24, 2.45) is 0 Å². The number of nitrogens with zero attached hydrogens (tertiary/aromatic N) is 2. The predicted molar refractivity (Wildman–Crippen MR) is 78.5 cm³/mol. The van der Waals surface area contributed by atoms with Crippen LogP contribution in [0.15, 0.2) is 39.5 Å². The number of hydrogen-bond acceptors (Lipinski definition) is 4. The molecule has 0 saturated heterocycles. The summed E-state index contributed by atoms with van der Waals surface area (Å²) in [5, 5.41) is 0. The highest BCUT2D eigenvalue weighted by molar-refractivity contribution is 9.11. The number of carbonyl (C=O) groups excluding carboxylic acids is 1. The maximum atomic E-state index is 12.2. The second kappa shape index (κ2) is 6.25. The second-order valence-electron chi connectivity index (χ2n) is 3.81. The van der Waals surface area contributed by atoms with Gasteiger partial charge >= 0.3 is 0 Å². The van der Waals surface area contributed by atoms with E-state index in [-0.39, 0.29) is 12.2 Å². The zero-order valence-corrected chi connectivity index (χ0v) is 13.2. The molecule has 0 aliphatic rings. The van der Waals surface area contributed by atoms with E-state index in [0.717, 1.165) is 8.95 Å². The summed E-state index contributed by atoms with van der Waals surface area (Å²) in [5.74, 6) is 0.441. The van der Waals surface area contributed by atoms with Gasteiger partial charge in [-0.15, -0.1) is 0 Å². The van der Waals surface area contributed by atoms with E-state index < -0.39 is 0 Å². The third-order valence-electron chi connectivity index (χ3n) is 2.43. The number of halogens is 2. The summed E-state index contributed by atoms with van der Waals surface area (Å²) < 4.78 is 6.71. The largest absolute Gasteiger partial charge is 0.481 e. The van der Waals surface area contributed by atoms with Gasteiger partial charge < -0.3 is 4.74 Å². The van der Waals surface area contributed by atoms with Gasteiger partial charge in [0.25, 0.3) is 0 Å². The third-order valence-corrected chi connectivity index (χ3v) is 3.35. The van der Waals surface area contributed by atoms with Crippen molar-refractivity contribution < 1.29 is 9.53 Å². The van der Waals surface area contributed by atoms with Crippen molar-refractivity contribution in [3.05, 3.63) is 50.8 Å². The summed E-state index contributed by atoms with van der Waals surface area (Å²) in [4.78, 5) is 20.1. The number of benzene rings is 1. The Morgan fingerprint density at radius 1 is 1.16 bits per heavy atom. The summed E-state index contributed by atoms with van der Waals surface area (Å²) in [6, 6.07) is 7.10. The van der Waals surface area contributed by atoms with Crippen LogP contribution in [0.3, 0.4) is 0 Å². The van der Waals surface area contributed by atoms with Crippen LogP contribution in [0.5, 0.6) is 5.88 Å². The lowest BCUT2D eigenvalue weighted by Gasteiger charge is -2.04. The molecule has 0 fully saturated rings. The summed E-state index contributed by atoms with van der Waals surface area (Å²) in [6.07, 6.45) is 1.60. The number of aromatic nitrogens is 2. The Morgan fingerprint density at radius 3 is 2.47 bits per heavy atom. The van der Waals surface area contributed by atoms with Crippen LogP contribution in [0.4, 0.5) is 0 Å². The number of ether oxygens (including phenoxy) is 1. The number of rotatable bonds is 4. The van der Waals surface area contributed by atoms with Crippen LogP contribution >= 0.6 is 31.9 Å². The van der Waals surface area contributed by atoms with Gasteiger partial charge in [-0.1, -0.05) is 31.9 Å². The molecular formula is C13H10Br2N2O2. The van der Waals surface area contributed by atoms with Crippen LogP contribution < -0.4 is 4.74 Å². The zero-order valence-electron chi connectivity index (χ0n) is 10.1. The molecule has 1 aromatic heterocycles. The molecule has 4 nitrogen and oxygen atoms in total. The zero-order chi connectivity index (χ0) is 13.8. The van der Waals surface area contributed by atoms with Gasteiger partial charge in [0.15, 0.2) is 5.78 Å². The number of carbonyl (C=O) groups is 1. The Bertz CT molecular complexity index is 597. The Morgan fingerprint density at radius 2 is 1.84 bits per heavy atom. The maximum absolute atomic E-state index is 12.2. The first-order valence-corrected chi connectivity index (χ1v) is 7.01. The molecule has 0 N–H and O–H groups in total. The van der Waals surface area contributed by atoms with Gasteiger partial charge in [0, 0.05) is 20.6 Å². The first-order valence-electron chi connectivity index (χ1n) is 5.42. The van der Waals surface area contributed by atoms with Gasteiger partial charge in [-0.05, 0) is 18.2 Å². The minimum Gasteiger partial charge on any atom is -0.481 e. The Hall–Kier alpha value is -1.27. The van der Waals surface area contributed by atoms with Crippen LogP contribution in [0, 0.1) is 0 Å². The lowest BCUT2D eigenvalue weighted by molar-refractivity contribution is 0.0991. The van der Waals surface area contributed by atoms with Crippen molar-refractivity contribution >= 4 is 37.6 Å². The van der Waals surface area contributed by atoms with E-state index in [1.54, 1.807) is 18.2 Å². The molecule has 1 aromatic carbocycles. The maximum Gasteiger partial charge on any atom is 0.216 e. The Kier molecular flexibility index (Phi) is 4.66. The van der Waals surface area contributed by atoms with Gasteiger partial charge in [0.1, 0.15) is 6.33 Å². The van der Waals surface area contributed by atoms with Crippen LogP contribution in [0.1, 0.15) is 16.1 Å². The topological polar surface area (TPSA) is 52.1 Å². The van der Waals surface area contributed by atoms with E-state index in [9.17, 15) is 4.79 Å². The van der Waals surface area contributed by atoms with Crippen LogP contribution in [-0.2, 0) is 6.42 Å². The lowest BCUT2D eigenvalue weighted by atomic mass is 10.1. The highest BCUT2D eigenvalue weighted by atomic mass is 79.9. The molecule has 0 aliphatic heterocycles. The predicted octanol–water partition coefficient (Wildman–Crippen LogP) is 3.44. The van der Waals surface area contributed by atoms with Gasteiger partial charge in [-0.25, -0.2) is 9.97 Å². The van der Waals surface area contributed by atoms with Gasteiger partial charge in [0.05, 0.1) is 19.2 Å². The van der Waals surface area contributed by atoms with Crippen LogP contribution in [0.25, 0.3) is 0 Å². The van der Waals surface area contributed by atoms with Crippen molar-refractivity contribution in [3.8, 4) is 5.88 Å². The summed E-state index contributed by atoms with van der Waals surface area (Å²) >= 11 is 6.72. The normalized spacial score (nSPS) is 10.3. The molecule has 0 spiro atoms. The van der Waals surface area contributed by atoms with Gasteiger partial charge in [-0.3, -0.25) is 4.79 Å². The minimum absolute atomic E-state index is 0.0113. The molecule has 19 heavy (non-hydrogen) atoms. The molecule has 2 aromatic rings. The molecule has 0 radical (unpaired) electrons. The fourth-order valence-corrected chi connectivity index (χ4v) is 2.86. The molecule has 6 heteroatoms. The SMILES string of the molecule is COc1cc(CC(=O)c2cc(Br)cc(Br)c2)ncn1. The minimum atomic E-state index is -0.0113. The highest BCUT2D eigenvalue weighted by Gasteiger charge is 2.10. The molecule has 0 bridgehead atoms. The monoisotopic (exact) mass is 384 g/mol. The first kappa shape index (κ1) is 14.1. The molecule has 0 atom stereocenters. The number of Topliss-reactive ketones (excluding diaryl/α,β-unsaturated/α-hetero) is 1. The van der Waals surface area contributed by atoms with Crippen molar-refractivity contribution in [1.82, 2.24) is 9.97 Å². The summed E-state index contributed by atoms with van der Waals surface area (Å²) in [5.41, 5.74) is 1.26. The fourth-order valence-electron chi connectivity index (χ4n) is 1.57. The Balaban J connectivity index is 2.20. The van der Waals surface area contributed by atoms with E-state index in [0.29, 0.717) is 17.1 Å². The molecule has 0 unspecified atom stereocenters. The fraction of sp³-hybridized carbons (Fsp3) is 0.154. The summed E-state index contributed by atoms with van der Waals surface area (Å²) in [6.45, 7) is 0. The number of methoxy groups -OCH3 is 1. The molecule has 0 aliphatic carbocycles. The molecule has 2 rings (SSSR count). The lowest BCUT2D eigenvalue weighted by Crippen LogP contribution is -2.06. The Labute approximate surface area is 127 Å². The smallest absolute Gasteiger partial charge is 0.216 e. The van der Waals surface area contributed by atoms with E-state index in [1.807, 2.05) is 6.07 Å². The van der Waals surface area contributed by atoms with Crippen molar-refractivity contribution in [2.75, 3.05) is 7.11 Å². The molecule has 1 heterocycles. The molecule has 0 amide bonds. The van der Waals surface area contributed by atoms with E-state index in [2.05, 4.69) is 41.8 Å². The number of hydrogen-bond donors (Lipinski definition) is 0. The highest BCUT2D eigenvalue weighted by Crippen LogP contribution is 2.21. The van der Waals surface area contributed by atoms with Crippen molar-refractivity contribution in [3.63, 3.8) is 0 Å². The van der Waals surface area contributed by atoms with Crippen molar-refractivity contribution in [2.45, 2.75) is 6.42 Å². The summed E-state index contributed by atoms with van der Waals surface area (Å²) in [7, 11) is 1.53. The molecular weight excluding hydrogens is 376 g/mol. The van der Waals surface area contributed by atoms with Crippen LogP contribution in [-0.4, -0.2) is 22.9 Å². The average Bonchev–Trinajstić information content (AvgIpc) is 2.37. The van der Waals surface area contributed by atoms with E-state index >= 15 is 0 Å². The van der Waals surface area contributed by atoms with Crippen molar-refractivity contribution in [1.29, 1.82) is 0 Å². The third kappa shape index (κ3) is 3.84. The first-order chi connectivity index (χ1) is 9.08. The van der Waals surface area contributed by atoms with E-state index in [1.165, 1.54) is 13.4 Å².